The van der Waals surface area contributed by atoms with Gasteiger partial charge in [-0.1, -0.05) is 0 Å². The first kappa shape index (κ1) is 19.9. The third kappa shape index (κ3) is 4.58. The quantitative estimate of drug-likeness (QED) is 0.807. The van der Waals surface area contributed by atoms with Crippen LogP contribution in [0.1, 0.15) is 39.4 Å². The number of amides is 2. The normalized spacial score (nSPS) is 23.6. The van der Waals surface area contributed by atoms with Gasteiger partial charge in [-0.15, -0.1) is 11.3 Å². The highest BCUT2D eigenvalue weighted by atomic mass is 32.1. The van der Waals surface area contributed by atoms with Crippen molar-refractivity contribution in [2.24, 2.45) is 5.92 Å². The van der Waals surface area contributed by atoms with Crippen LogP contribution in [0.25, 0.3) is 0 Å². The molecule has 4 rings (SSSR count). The molecule has 1 atom stereocenters. The van der Waals surface area contributed by atoms with Crippen LogP contribution in [-0.4, -0.2) is 85.9 Å². The van der Waals surface area contributed by atoms with E-state index >= 15 is 0 Å². The zero-order valence-electron chi connectivity index (χ0n) is 16.9. The summed E-state index contributed by atoms with van der Waals surface area (Å²) in [6.07, 6.45) is 4.83. The Kier molecular flexibility index (Phi) is 6.33. The van der Waals surface area contributed by atoms with E-state index < -0.39 is 0 Å². The number of piperazine rings is 1. The van der Waals surface area contributed by atoms with Crippen molar-refractivity contribution < 1.29 is 9.59 Å². The highest BCUT2D eigenvalue weighted by Crippen LogP contribution is 2.33. The number of nitrogens with one attached hydrogen (secondary N) is 1. The molecule has 0 spiro atoms. The molecular weight excluding hydrogens is 372 g/mol. The van der Waals surface area contributed by atoms with Crippen molar-refractivity contribution in [3.05, 3.63) is 21.4 Å². The molecule has 1 N–H and O–H groups in total. The number of likely N-dealkylation sites (tertiary alicyclic amines) is 1. The molecule has 1 aromatic heterocycles. The number of nitrogens with zero attached hydrogens (tertiary/aromatic N) is 3. The van der Waals surface area contributed by atoms with E-state index in [-0.39, 0.29) is 17.7 Å². The van der Waals surface area contributed by atoms with Gasteiger partial charge in [-0.05, 0) is 50.8 Å². The average Bonchev–Trinajstić information content (AvgIpc) is 3.38. The Morgan fingerprint density at radius 3 is 2.64 bits per heavy atom. The predicted octanol–water partition coefficient (Wildman–Crippen LogP) is 1.45. The third-order valence-electron chi connectivity index (χ3n) is 6.38. The van der Waals surface area contributed by atoms with Crippen LogP contribution in [-0.2, 0) is 17.6 Å². The molecule has 28 heavy (non-hydrogen) atoms. The molecule has 0 bridgehead atoms. The molecule has 0 saturated carbocycles. The Morgan fingerprint density at radius 1 is 1.14 bits per heavy atom. The molecule has 0 unspecified atom stereocenters. The number of hydrogen-bond donors (Lipinski definition) is 1. The van der Waals surface area contributed by atoms with Crippen LogP contribution >= 0.6 is 11.3 Å². The summed E-state index contributed by atoms with van der Waals surface area (Å²) in [7, 11) is 2.16. The molecule has 6 nitrogen and oxygen atoms in total. The third-order valence-corrected chi connectivity index (χ3v) is 7.61. The van der Waals surface area contributed by atoms with Gasteiger partial charge in [0.25, 0.3) is 5.91 Å². The Hall–Kier alpha value is -1.44. The number of rotatable bonds is 5. The first-order valence-corrected chi connectivity index (χ1v) is 11.5. The van der Waals surface area contributed by atoms with E-state index in [0.717, 1.165) is 89.3 Å². The minimum absolute atomic E-state index is 0.0457. The lowest BCUT2D eigenvalue weighted by Gasteiger charge is -2.32. The van der Waals surface area contributed by atoms with Gasteiger partial charge in [0.2, 0.25) is 5.91 Å². The maximum Gasteiger partial charge on any atom is 0.263 e. The van der Waals surface area contributed by atoms with Gasteiger partial charge in [-0.3, -0.25) is 14.5 Å². The van der Waals surface area contributed by atoms with E-state index in [1.807, 2.05) is 4.90 Å². The van der Waals surface area contributed by atoms with Crippen molar-refractivity contribution in [1.82, 2.24) is 20.0 Å². The molecule has 0 radical (unpaired) electrons. The molecule has 2 aliphatic heterocycles. The van der Waals surface area contributed by atoms with Gasteiger partial charge in [0.1, 0.15) is 0 Å². The summed E-state index contributed by atoms with van der Waals surface area (Å²) in [5.41, 5.74) is 1.22. The molecule has 154 valence electrons. The van der Waals surface area contributed by atoms with Gasteiger partial charge in [0, 0.05) is 63.2 Å². The highest BCUT2D eigenvalue weighted by Gasteiger charge is 2.29. The lowest BCUT2D eigenvalue weighted by molar-refractivity contribution is -0.125. The molecular formula is C21H32N4O2S. The molecule has 1 aliphatic carbocycles. The number of likely N-dealkylation sites (N-methyl/N-ethyl adjacent to an activating group) is 1. The smallest absolute Gasteiger partial charge is 0.263 e. The van der Waals surface area contributed by atoms with Gasteiger partial charge in [0.05, 0.1) is 4.88 Å². The maximum absolute atomic E-state index is 12.6. The van der Waals surface area contributed by atoms with Crippen molar-refractivity contribution in [3.63, 3.8) is 0 Å². The van der Waals surface area contributed by atoms with E-state index in [2.05, 4.69) is 28.2 Å². The summed E-state index contributed by atoms with van der Waals surface area (Å²) in [6.45, 7) is 7.83. The monoisotopic (exact) mass is 404 g/mol. The topological polar surface area (TPSA) is 55.9 Å². The fourth-order valence-electron chi connectivity index (χ4n) is 4.48. The Balaban J connectivity index is 1.26. The molecule has 0 aromatic carbocycles. The van der Waals surface area contributed by atoms with Gasteiger partial charge in [-0.25, -0.2) is 0 Å². The highest BCUT2D eigenvalue weighted by molar-refractivity contribution is 7.14. The van der Waals surface area contributed by atoms with E-state index in [1.165, 1.54) is 10.4 Å². The summed E-state index contributed by atoms with van der Waals surface area (Å²) >= 11 is 1.65. The van der Waals surface area contributed by atoms with Crippen LogP contribution in [0.4, 0.5) is 0 Å². The van der Waals surface area contributed by atoms with Crippen LogP contribution in [0.15, 0.2) is 6.07 Å². The Morgan fingerprint density at radius 2 is 1.89 bits per heavy atom. The number of fused-ring (bicyclic) bond motifs is 1. The number of thiophene rings is 1. The van der Waals surface area contributed by atoms with Crippen LogP contribution in [0.5, 0.6) is 0 Å². The van der Waals surface area contributed by atoms with E-state index in [1.54, 1.807) is 11.3 Å². The summed E-state index contributed by atoms with van der Waals surface area (Å²) in [6, 6.07) is 2.06. The van der Waals surface area contributed by atoms with E-state index in [9.17, 15) is 9.59 Å². The van der Waals surface area contributed by atoms with E-state index in [4.69, 9.17) is 0 Å². The van der Waals surface area contributed by atoms with Gasteiger partial charge in [-0.2, -0.15) is 0 Å². The number of carbonyl (C=O) groups excluding carboxylic acids is 2. The largest absolute Gasteiger partial charge is 0.355 e. The molecule has 1 aromatic rings. The average molecular weight is 405 g/mol. The second-order valence-corrected chi connectivity index (χ2v) is 9.57. The van der Waals surface area contributed by atoms with Crippen molar-refractivity contribution in [2.45, 2.75) is 32.1 Å². The van der Waals surface area contributed by atoms with Crippen LogP contribution in [0.3, 0.4) is 0 Å². The van der Waals surface area contributed by atoms with Crippen molar-refractivity contribution >= 4 is 23.2 Å². The second kappa shape index (κ2) is 8.93. The first-order chi connectivity index (χ1) is 13.6. The molecule has 3 heterocycles. The Labute approximate surface area is 171 Å². The minimum atomic E-state index is 0.0457. The minimum Gasteiger partial charge on any atom is -0.355 e. The summed E-state index contributed by atoms with van der Waals surface area (Å²) in [5.74, 6) is 0.410. The second-order valence-electron chi connectivity index (χ2n) is 8.43. The standard InChI is InChI=1S/C21H32N4O2S/c1-23-10-12-24(13-11-23)9-6-22-20(26)16-4-5-18-17(14-16)15-19(28-18)21(27)25-7-2-3-8-25/h15-16H,2-14H2,1H3,(H,22,26)/t16-/m0/s1. The molecule has 7 heteroatoms. The summed E-state index contributed by atoms with van der Waals surface area (Å²) < 4.78 is 0. The maximum atomic E-state index is 12.6. The summed E-state index contributed by atoms with van der Waals surface area (Å²) in [5, 5.41) is 3.15. The van der Waals surface area contributed by atoms with Gasteiger partial charge in [0.15, 0.2) is 0 Å². The molecule has 2 saturated heterocycles. The lowest BCUT2D eigenvalue weighted by atomic mass is 9.88. The molecule has 2 amide bonds. The number of hydrogen-bond acceptors (Lipinski definition) is 5. The molecule has 2 fully saturated rings. The van der Waals surface area contributed by atoms with Gasteiger partial charge >= 0.3 is 0 Å². The predicted molar refractivity (Wildman–Crippen MR) is 112 cm³/mol. The first-order valence-electron chi connectivity index (χ1n) is 10.7. The number of aryl methyl sites for hydroxylation is 1. The van der Waals surface area contributed by atoms with Crippen molar-refractivity contribution in [1.29, 1.82) is 0 Å². The van der Waals surface area contributed by atoms with Crippen LogP contribution < -0.4 is 5.32 Å². The van der Waals surface area contributed by atoms with Crippen molar-refractivity contribution in [3.8, 4) is 0 Å². The zero-order valence-corrected chi connectivity index (χ0v) is 17.7. The zero-order chi connectivity index (χ0) is 19.5. The van der Waals surface area contributed by atoms with Crippen LogP contribution in [0.2, 0.25) is 0 Å². The van der Waals surface area contributed by atoms with Crippen molar-refractivity contribution in [2.75, 3.05) is 59.4 Å². The number of carbonyl (C=O) groups is 2. The SMILES string of the molecule is CN1CCN(CCNC(=O)[C@H]2CCc3sc(C(=O)N4CCCC4)cc3C2)CC1. The summed E-state index contributed by atoms with van der Waals surface area (Å²) in [4.78, 5) is 34.2. The van der Waals surface area contributed by atoms with Gasteiger partial charge < -0.3 is 15.1 Å². The fourth-order valence-corrected chi connectivity index (χ4v) is 5.66. The molecule has 3 aliphatic rings. The van der Waals surface area contributed by atoms with E-state index in [0.29, 0.717) is 0 Å². The van der Waals surface area contributed by atoms with Crippen LogP contribution in [0, 0.1) is 5.92 Å². The Bertz CT molecular complexity index is 705. The lowest BCUT2D eigenvalue weighted by Crippen LogP contribution is -2.47. The fraction of sp³-hybridized carbons (Fsp3) is 0.714.